The Balaban J connectivity index is 2.06. The number of benzene rings is 1. The van der Waals surface area contributed by atoms with Gasteiger partial charge < -0.3 is 10.4 Å². The van der Waals surface area contributed by atoms with Crippen LogP contribution in [0.2, 0.25) is 5.02 Å². The van der Waals surface area contributed by atoms with Gasteiger partial charge in [0.1, 0.15) is 17.1 Å². The zero-order valence-corrected chi connectivity index (χ0v) is 12.6. The van der Waals surface area contributed by atoms with Gasteiger partial charge in [0.05, 0.1) is 16.4 Å². The largest absolute Gasteiger partial charge is 0.506 e. The molecule has 0 spiro atoms. The Morgan fingerprint density at radius 1 is 1.32 bits per heavy atom. The lowest BCUT2D eigenvalue weighted by molar-refractivity contribution is 0.102. The van der Waals surface area contributed by atoms with Crippen LogP contribution in [-0.4, -0.2) is 20.4 Å². The summed E-state index contributed by atoms with van der Waals surface area (Å²) in [6, 6.07) is 10.1. The van der Waals surface area contributed by atoms with E-state index in [2.05, 4.69) is 10.3 Å². The Bertz CT molecular complexity index is 858. The molecule has 1 amide bonds. The van der Waals surface area contributed by atoms with E-state index < -0.39 is 0 Å². The number of amides is 1. The molecule has 6 heteroatoms. The monoisotopic (exact) mass is 315 g/mol. The van der Waals surface area contributed by atoms with E-state index in [4.69, 9.17) is 11.6 Å². The second kappa shape index (κ2) is 5.69. The molecular formula is C16H14ClN3O2. The molecule has 0 unspecified atom stereocenters. The van der Waals surface area contributed by atoms with Crippen LogP contribution in [0, 0.1) is 0 Å². The SMILES string of the molecule is CCc1nc2ccc(Cl)cn2c1C(=O)Nc1ccccc1O. The molecule has 0 aliphatic heterocycles. The van der Waals surface area contributed by atoms with Gasteiger partial charge in [0, 0.05) is 6.20 Å². The molecule has 112 valence electrons. The van der Waals surface area contributed by atoms with Gasteiger partial charge >= 0.3 is 0 Å². The van der Waals surface area contributed by atoms with E-state index in [9.17, 15) is 9.90 Å². The van der Waals surface area contributed by atoms with Gasteiger partial charge in [-0.25, -0.2) is 4.98 Å². The molecule has 0 radical (unpaired) electrons. The maximum absolute atomic E-state index is 12.6. The summed E-state index contributed by atoms with van der Waals surface area (Å²) in [7, 11) is 0. The molecule has 0 bridgehead atoms. The number of hydrogen-bond acceptors (Lipinski definition) is 3. The Hall–Kier alpha value is -2.53. The van der Waals surface area contributed by atoms with Crippen molar-refractivity contribution in [2.45, 2.75) is 13.3 Å². The van der Waals surface area contributed by atoms with Crippen LogP contribution in [0.15, 0.2) is 42.6 Å². The third kappa shape index (κ3) is 2.51. The first-order valence-corrected chi connectivity index (χ1v) is 7.23. The highest BCUT2D eigenvalue weighted by atomic mass is 35.5. The number of phenolic OH excluding ortho intramolecular Hbond substituents is 1. The molecule has 3 rings (SSSR count). The minimum atomic E-state index is -0.340. The molecule has 2 heterocycles. The van der Waals surface area contributed by atoms with Gasteiger partial charge in [-0.3, -0.25) is 9.20 Å². The van der Waals surface area contributed by atoms with Gasteiger partial charge in [0.15, 0.2) is 0 Å². The molecule has 0 aliphatic rings. The average molecular weight is 316 g/mol. The number of phenols is 1. The first-order valence-electron chi connectivity index (χ1n) is 6.86. The molecule has 2 aromatic heterocycles. The number of halogens is 1. The lowest BCUT2D eigenvalue weighted by Gasteiger charge is -2.08. The summed E-state index contributed by atoms with van der Waals surface area (Å²) in [5.74, 6) is -0.325. The number of carbonyl (C=O) groups excluding carboxylic acids is 1. The van der Waals surface area contributed by atoms with E-state index in [0.717, 1.165) is 0 Å². The van der Waals surface area contributed by atoms with Crippen molar-refractivity contribution in [2.24, 2.45) is 0 Å². The Morgan fingerprint density at radius 2 is 2.09 bits per heavy atom. The highest BCUT2D eigenvalue weighted by Gasteiger charge is 2.19. The predicted octanol–water partition coefficient (Wildman–Crippen LogP) is 3.51. The maximum Gasteiger partial charge on any atom is 0.274 e. The lowest BCUT2D eigenvalue weighted by Crippen LogP contribution is -2.16. The summed E-state index contributed by atoms with van der Waals surface area (Å²) in [5, 5.41) is 13.0. The van der Waals surface area contributed by atoms with Crippen molar-refractivity contribution in [3.05, 3.63) is 59.0 Å². The summed E-state index contributed by atoms with van der Waals surface area (Å²) in [6.07, 6.45) is 2.27. The van der Waals surface area contributed by atoms with E-state index in [0.29, 0.717) is 34.2 Å². The van der Waals surface area contributed by atoms with Crippen LogP contribution in [0.4, 0.5) is 5.69 Å². The molecule has 0 atom stereocenters. The number of aromatic nitrogens is 2. The van der Waals surface area contributed by atoms with Crippen LogP contribution < -0.4 is 5.32 Å². The molecule has 5 nitrogen and oxygen atoms in total. The fraction of sp³-hybridized carbons (Fsp3) is 0.125. The number of carbonyl (C=O) groups is 1. The Morgan fingerprint density at radius 3 is 2.82 bits per heavy atom. The number of pyridine rings is 1. The number of imidazole rings is 1. The number of para-hydroxylation sites is 2. The molecular weight excluding hydrogens is 302 g/mol. The fourth-order valence-corrected chi connectivity index (χ4v) is 2.48. The third-order valence-corrected chi connectivity index (χ3v) is 3.58. The molecule has 0 fully saturated rings. The van der Waals surface area contributed by atoms with Gasteiger partial charge in [-0.2, -0.15) is 0 Å². The quantitative estimate of drug-likeness (QED) is 0.727. The van der Waals surface area contributed by atoms with Crippen LogP contribution in [0.5, 0.6) is 5.75 Å². The van der Waals surface area contributed by atoms with E-state index in [1.165, 1.54) is 6.07 Å². The number of nitrogens with zero attached hydrogens (tertiary/aromatic N) is 2. The number of aromatic hydroxyl groups is 1. The van der Waals surface area contributed by atoms with Crippen molar-refractivity contribution < 1.29 is 9.90 Å². The van der Waals surface area contributed by atoms with Crippen molar-refractivity contribution in [3.63, 3.8) is 0 Å². The van der Waals surface area contributed by atoms with E-state index in [1.54, 1.807) is 40.9 Å². The Kier molecular flexibility index (Phi) is 3.73. The number of nitrogens with one attached hydrogen (secondary N) is 1. The van der Waals surface area contributed by atoms with Gasteiger partial charge in [0.2, 0.25) is 0 Å². The predicted molar refractivity (Wildman–Crippen MR) is 85.6 cm³/mol. The van der Waals surface area contributed by atoms with Crippen molar-refractivity contribution >= 4 is 28.8 Å². The van der Waals surface area contributed by atoms with Crippen molar-refractivity contribution in [1.82, 2.24) is 9.38 Å². The lowest BCUT2D eigenvalue weighted by atomic mass is 10.2. The van der Waals surface area contributed by atoms with E-state index in [1.807, 2.05) is 6.92 Å². The molecule has 0 saturated heterocycles. The summed E-state index contributed by atoms with van der Waals surface area (Å²) in [4.78, 5) is 17.0. The number of aryl methyl sites for hydroxylation is 1. The van der Waals surface area contributed by atoms with E-state index in [-0.39, 0.29) is 11.7 Å². The van der Waals surface area contributed by atoms with Crippen molar-refractivity contribution in [3.8, 4) is 5.75 Å². The summed E-state index contributed by atoms with van der Waals surface area (Å²) in [5.41, 5.74) is 2.11. The third-order valence-electron chi connectivity index (χ3n) is 3.36. The van der Waals surface area contributed by atoms with E-state index >= 15 is 0 Å². The standard InChI is InChI=1S/C16H14ClN3O2/c1-2-11-15(20-9-10(17)7-8-14(20)18-11)16(22)19-12-5-3-4-6-13(12)21/h3-9,21H,2H2,1H3,(H,19,22). The molecule has 0 aliphatic carbocycles. The van der Waals surface area contributed by atoms with Crippen LogP contribution in [-0.2, 0) is 6.42 Å². The summed E-state index contributed by atoms with van der Waals surface area (Å²) in [6.45, 7) is 1.93. The van der Waals surface area contributed by atoms with Gasteiger partial charge in [-0.15, -0.1) is 0 Å². The Labute approximate surface area is 132 Å². The summed E-state index contributed by atoms with van der Waals surface area (Å²) < 4.78 is 1.66. The molecule has 2 N–H and O–H groups in total. The summed E-state index contributed by atoms with van der Waals surface area (Å²) >= 11 is 6.01. The fourth-order valence-electron chi connectivity index (χ4n) is 2.32. The minimum Gasteiger partial charge on any atom is -0.506 e. The van der Waals surface area contributed by atoms with Crippen molar-refractivity contribution in [1.29, 1.82) is 0 Å². The number of fused-ring (bicyclic) bond motifs is 1. The van der Waals surface area contributed by atoms with Crippen LogP contribution in [0.25, 0.3) is 5.65 Å². The maximum atomic E-state index is 12.6. The van der Waals surface area contributed by atoms with Crippen LogP contribution in [0.3, 0.4) is 0 Å². The second-order valence-electron chi connectivity index (χ2n) is 4.81. The zero-order valence-electron chi connectivity index (χ0n) is 11.9. The number of anilines is 1. The smallest absolute Gasteiger partial charge is 0.274 e. The van der Waals surface area contributed by atoms with Crippen LogP contribution in [0.1, 0.15) is 23.1 Å². The first kappa shape index (κ1) is 14.4. The first-order chi connectivity index (χ1) is 10.6. The number of rotatable bonds is 3. The number of hydrogen-bond donors (Lipinski definition) is 2. The average Bonchev–Trinajstić information content (AvgIpc) is 2.87. The van der Waals surface area contributed by atoms with Gasteiger partial charge in [-0.1, -0.05) is 30.7 Å². The molecule has 0 saturated carbocycles. The van der Waals surface area contributed by atoms with Crippen LogP contribution >= 0.6 is 11.6 Å². The zero-order chi connectivity index (χ0) is 15.7. The highest BCUT2D eigenvalue weighted by molar-refractivity contribution is 6.30. The molecule has 22 heavy (non-hydrogen) atoms. The normalized spacial score (nSPS) is 10.8. The minimum absolute atomic E-state index is 0.0146. The molecule has 3 aromatic rings. The van der Waals surface area contributed by atoms with Gasteiger partial charge in [-0.05, 0) is 30.7 Å². The topological polar surface area (TPSA) is 66.6 Å². The van der Waals surface area contributed by atoms with Gasteiger partial charge in [0.25, 0.3) is 5.91 Å². The highest BCUT2D eigenvalue weighted by Crippen LogP contribution is 2.24. The molecule has 1 aromatic carbocycles. The second-order valence-corrected chi connectivity index (χ2v) is 5.24. The van der Waals surface area contributed by atoms with Crippen molar-refractivity contribution in [2.75, 3.05) is 5.32 Å².